The van der Waals surface area contributed by atoms with E-state index >= 15 is 0 Å². The zero-order valence-corrected chi connectivity index (χ0v) is 12.2. The minimum absolute atomic E-state index is 0.524. The van der Waals surface area contributed by atoms with Gasteiger partial charge in [-0.3, -0.25) is 4.98 Å². The number of hydrogen-bond acceptors (Lipinski definition) is 2. The number of hydrogen-bond donors (Lipinski definition) is 1. The molecule has 2 nitrogen and oxygen atoms in total. The van der Waals surface area contributed by atoms with Gasteiger partial charge in [0.25, 0.3) is 0 Å². The molecule has 0 spiro atoms. The molecule has 0 aliphatic rings. The molecule has 1 unspecified atom stereocenters. The van der Waals surface area contributed by atoms with Crippen LogP contribution in [0.5, 0.6) is 0 Å². The zero-order chi connectivity index (χ0) is 13.7. The summed E-state index contributed by atoms with van der Waals surface area (Å²) in [5.74, 6) is 0.764. The molecule has 0 bridgehead atoms. The summed E-state index contributed by atoms with van der Waals surface area (Å²) in [5.41, 5.74) is 2.28. The number of nitrogens with zero attached hydrogens (tertiary/aromatic N) is 1. The van der Waals surface area contributed by atoms with Gasteiger partial charge in [0.1, 0.15) is 0 Å². The summed E-state index contributed by atoms with van der Waals surface area (Å²) in [5, 5.41) is 4.63. The van der Waals surface area contributed by atoms with Gasteiger partial charge in [-0.15, -0.1) is 0 Å². The van der Waals surface area contributed by atoms with Gasteiger partial charge in [-0.1, -0.05) is 38.1 Å². The molecule has 102 valence electrons. The highest BCUT2D eigenvalue weighted by molar-refractivity contribution is 5.78. The molecule has 0 saturated heterocycles. The lowest BCUT2D eigenvalue weighted by Gasteiger charge is -2.17. The highest BCUT2D eigenvalue weighted by atomic mass is 14.9. The van der Waals surface area contributed by atoms with Gasteiger partial charge in [-0.05, 0) is 37.9 Å². The Morgan fingerprint density at radius 3 is 2.58 bits per heavy atom. The lowest BCUT2D eigenvalue weighted by molar-refractivity contribution is 0.448. The van der Waals surface area contributed by atoms with Crippen LogP contribution in [0.15, 0.2) is 36.4 Å². The molecule has 2 aromatic rings. The van der Waals surface area contributed by atoms with E-state index in [1.807, 2.05) is 13.1 Å². The first-order chi connectivity index (χ1) is 9.19. The lowest BCUT2D eigenvalue weighted by atomic mass is 10.00. The third-order valence-electron chi connectivity index (χ3n) is 3.61. The summed E-state index contributed by atoms with van der Waals surface area (Å²) in [6.07, 6.45) is 3.48. The average molecular weight is 256 g/mol. The first kappa shape index (κ1) is 14.0. The smallest absolute Gasteiger partial charge is 0.0705 e. The first-order valence-electron chi connectivity index (χ1n) is 7.21. The third-order valence-corrected chi connectivity index (χ3v) is 3.61. The van der Waals surface area contributed by atoms with Crippen molar-refractivity contribution in [2.75, 3.05) is 7.05 Å². The first-order valence-corrected chi connectivity index (χ1v) is 7.21. The number of benzene rings is 1. The van der Waals surface area contributed by atoms with Gasteiger partial charge >= 0.3 is 0 Å². The lowest BCUT2D eigenvalue weighted by Crippen LogP contribution is -2.28. The largest absolute Gasteiger partial charge is 0.317 e. The molecular weight excluding hydrogens is 232 g/mol. The van der Waals surface area contributed by atoms with Crippen LogP contribution < -0.4 is 5.32 Å². The molecule has 1 aromatic heterocycles. The molecule has 0 saturated carbocycles. The summed E-state index contributed by atoms with van der Waals surface area (Å²) >= 11 is 0. The number of fused-ring (bicyclic) bond motifs is 1. The van der Waals surface area contributed by atoms with Crippen molar-refractivity contribution in [3.8, 4) is 0 Å². The van der Waals surface area contributed by atoms with E-state index in [4.69, 9.17) is 4.98 Å². The maximum atomic E-state index is 4.75. The highest BCUT2D eigenvalue weighted by Crippen LogP contribution is 2.15. The number of aromatic nitrogens is 1. The van der Waals surface area contributed by atoms with Crippen molar-refractivity contribution in [3.05, 3.63) is 42.1 Å². The van der Waals surface area contributed by atoms with E-state index in [9.17, 15) is 0 Å². The molecule has 19 heavy (non-hydrogen) atoms. The Hall–Kier alpha value is -1.41. The highest BCUT2D eigenvalue weighted by Gasteiger charge is 2.09. The summed E-state index contributed by atoms with van der Waals surface area (Å²) in [6, 6.07) is 13.2. The molecule has 2 rings (SSSR count). The summed E-state index contributed by atoms with van der Waals surface area (Å²) in [7, 11) is 2.05. The number of para-hydroxylation sites is 1. The molecule has 1 atom stereocenters. The van der Waals surface area contributed by atoms with Crippen molar-refractivity contribution in [1.82, 2.24) is 10.3 Å². The Morgan fingerprint density at radius 1 is 1.05 bits per heavy atom. The SMILES string of the molecule is CNC(CCC(C)C)Cc1ccc2ccccc2n1. The summed E-state index contributed by atoms with van der Waals surface area (Å²) < 4.78 is 0. The summed E-state index contributed by atoms with van der Waals surface area (Å²) in [4.78, 5) is 4.75. The predicted octanol–water partition coefficient (Wildman–Crippen LogP) is 3.80. The van der Waals surface area contributed by atoms with Crippen molar-refractivity contribution in [2.45, 2.75) is 39.2 Å². The van der Waals surface area contributed by atoms with Crippen LogP contribution in [0.4, 0.5) is 0 Å². The van der Waals surface area contributed by atoms with Crippen LogP contribution in [0.2, 0.25) is 0 Å². The van der Waals surface area contributed by atoms with E-state index in [0.717, 1.165) is 17.9 Å². The van der Waals surface area contributed by atoms with Crippen LogP contribution in [0, 0.1) is 5.92 Å². The van der Waals surface area contributed by atoms with Crippen molar-refractivity contribution < 1.29 is 0 Å². The minimum atomic E-state index is 0.524. The van der Waals surface area contributed by atoms with Crippen LogP contribution in [-0.2, 0) is 6.42 Å². The minimum Gasteiger partial charge on any atom is -0.317 e. The Balaban J connectivity index is 2.06. The van der Waals surface area contributed by atoms with Crippen LogP contribution in [0.3, 0.4) is 0 Å². The second kappa shape index (κ2) is 6.67. The molecule has 0 radical (unpaired) electrons. The van der Waals surface area contributed by atoms with E-state index in [1.165, 1.54) is 23.9 Å². The second-order valence-electron chi connectivity index (χ2n) is 5.66. The monoisotopic (exact) mass is 256 g/mol. The van der Waals surface area contributed by atoms with Gasteiger partial charge in [0, 0.05) is 23.5 Å². The second-order valence-corrected chi connectivity index (χ2v) is 5.66. The van der Waals surface area contributed by atoms with Crippen LogP contribution in [-0.4, -0.2) is 18.1 Å². The van der Waals surface area contributed by atoms with Crippen molar-refractivity contribution >= 4 is 10.9 Å². The number of pyridine rings is 1. The standard InChI is InChI=1S/C17H24N2/c1-13(2)8-10-15(18-3)12-16-11-9-14-6-4-5-7-17(14)19-16/h4-7,9,11,13,15,18H,8,10,12H2,1-3H3. The molecule has 0 aliphatic heterocycles. The van der Waals surface area contributed by atoms with E-state index in [0.29, 0.717) is 6.04 Å². The fraction of sp³-hybridized carbons (Fsp3) is 0.471. The molecular formula is C17H24N2. The number of likely N-dealkylation sites (N-methyl/N-ethyl adjacent to an activating group) is 1. The number of nitrogens with one attached hydrogen (secondary N) is 1. The predicted molar refractivity (Wildman–Crippen MR) is 82.4 cm³/mol. The van der Waals surface area contributed by atoms with E-state index in [1.54, 1.807) is 0 Å². The Labute approximate surface area is 116 Å². The Bertz CT molecular complexity index is 519. The molecule has 1 heterocycles. The van der Waals surface area contributed by atoms with Gasteiger partial charge in [-0.2, -0.15) is 0 Å². The number of rotatable bonds is 6. The van der Waals surface area contributed by atoms with Crippen LogP contribution in [0.1, 0.15) is 32.4 Å². The molecule has 0 aliphatic carbocycles. The molecule has 1 aromatic carbocycles. The van der Waals surface area contributed by atoms with Gasteiger partial charge in [-0.25, -0.2) is 0 Å². The normalized spacial score (nSPS) is 13.1. The fourth-order valence-corrected chi connectivity index (χ4v) is 2.36. The topological polar surface area (TPSA) is 24.9 Å². The van der Waals surface area contributed by atoms with Crippen molar-refractivity contribution in [3.63, 3.8) is 0 Å². The third kappa shape index (κ3) is 4.03. The maximum Gasteiger partial charge on any atom is 0.0705 e. The summed E-state index contributed by atoms with van der Waals surface area (Å²) in [6.45, 7) is 4.56. The average Bonchev–Trinajstić information content (AvgIpc) is 2.43. The van der Waals surface area contributed by atoms with Gasteiger partial charge in [0.05, 0.1) is 5.52 Å². The molecule has 0 amide bonds. The zero-order valence-electron chi connectivity index (χ0n) is 12.2. The van der Waals surface area contributed by atoms with Gasteiger partial charge in [0.2, 0.25) is 0 Å². The molecule has 1 N–H and O–H groups in total. The van der Waals surface area contributed by atoms with E-state index in [2.05, 4.69) is 49.5 Å². The van der Waals surface area contributed by atoms with Crippen molar-refractivity contribution in [1.29, 1.82) is 0 Å². The van der Waals surface area contributed by atoms with E-state index in [-0.39, 0.29) is 0 Å². The Kier molecular flexibility index (Phi) is 4.92. The van der Waals surface area contributed by atoms with Crippen molar-refractivity contribution in [2.24, 2.45) is 5.92 Å². The van der Waals surface area contributed by atoms with Gasteiger partial charge in [0.15, 0.2) is 0 Å². The Morgan fingerprint density at radius 2 is 1.84 bits per heavy atom. The van der Waals surface area contributed by atoms with Crippen LogP contribution in [0.25, 0.3) is 10.9 Å². The maximum absolute atomic E-state index is 4.75. The molecule has 2 heteroatoms. The van der Waals surface area contributed by atoms with E-state index < -0.39 is 0 Å². The molecule has 0 fully saturated rings. The fourth-order valence-electron chi connectivity index (χ4n) is 2.36. The van der Waals surface area contributed by atoms with Crippen LogP contribution >= 0.6 is 0 Å². The van der Waals surface area contributed by atoms with Gasteiger partial charge < -0.3 is 5.32 Å². The quantitative estimate of drug-likeness (QED) is 0.850.